The van der Waals surface area contributed by atoms with Crippen molar-refractivity contribution in [3.8, 4) is 0 Å². The highest BCUT2D eigenvalue weighted by Crippen LogP contribution is 2.27. The smallest absolute Gasteiger partial charge is 0.150 e. The van der Waals surface area contributed by atoms with E-state index >= 15 is 0 Å². The number of nitrogens with zero attached hydrogens (tertiary/aromatic N) is 2. The summed E-state index contributed by atoms with van der Waals surface area (Å²) < 4.78 is 1.35. The Morgan fingerprint density at radius 1 is 0.826 bits per heavy atom. The van der Waals surface area contributed by atoms with Gasteiger partial charge in [-0.25, -0.2) is 0 Å². The van der Waals surface area contributed by atoms with Crippen LogP contribution in [0.25, 0.3) is 10.1 Å². The lowest BCUT2D eigenvalue weighted by Crippen LogP contribution is -2.46. The average Bonchev–Trinajstić information content (AvgIpc) is 3.10. The molecule has 0 radical (unpaired) electrons. The van der Waals surface area contributed by atoms with Crippen LogP contribution in [0, 0.1) is 0 Å². The van der Waals surface area contributed by atoms with Crippen LogP contribution in [0.3, 0.4) is 0 Å². The van der Waals surface area contributed by atoms with E-state index in [0.29, 0.717) is 0 Å². The summed E-state index contributed by atoms with van der Waals surface area (Å²) in [7, 11) is 0. The van der Waals surface area contributed by atoms with Crippen molar-refractivity contribution >= 4 is 39.1 Å². The van der Waals surface area contributed by atoms with Crippen molar-refractivity contribution < 1.29 is 4.79 Å². The standard InChI is InChI=1S/C19H18N2OS/c22-14-15-1-3-17(4-2-15)20-8-10-21(11-9-20)18-5-6-19-16(13-18)7-12-23-19/h1-7,12-14H,8-11H2. The fraction of sp³-hybridized carbons (Fsp3) is 0.211. The molecular formula is C19H18N2OS. The molecule has 116 valence electrons. The van der Waals surface area contributed by atoms with E-state index < -0.39 is 0 Å². The summed E-state index contributed by atoms with van der Waals surface area (Å²) in [6, 6.07) is 16.8. The minimum Gasteiger partial charge on any atom is -0.368 e. The van der Waals surface area contributed by atoms with Crippen LogP contribution in [-0.2, 0) is 0 Å². The molecule has 2 heterocycles. The fourth-order valence-corrected chi connectivity index (χ4v) is 3.91. The Kier molecular flexibility index (Phi) is 3.75. The first-order valence-corrected chi connectivity index (χ1v) is 8.74. The lowest BCUT2D eigenvalue weighted by molar-refractivity contribution is 0.112. The van der Waals surface area contributed by atoms with Crippen LogP contribution in [0.1, 0.15) is 10.4 Å². The molecule has 0 unspecified atom stereocenters. The van der Waals surface area contributed by atoms with Crippen molar-refractivity contribution in [3.05, 3.63) is 59.5 Å². The molecule has 2 aromatic carbocycles. The molecule has 1 fully saturated rings. The first-order chi connectivity index (χ1) is 11.3. The molecule has 3 nitrogen and oxygen atoms in total. The van der Waals surface area contributed by atoms with Gasteiger partial charge >= 0.3 is 0 Å². The third kappa shape index (κ3) is 2.82. The van der Waals surface area contributed by atoms with Crippen molar-refractivity contribution in [1.29, 1.82) is 0 Å². The minimum absolute atomic E-state index is 0.733. The molecule has 0 aliphatic carbocycles. The highest BCUT2D eigenvalue weighted by molar-refractivity contribution is 7.17. The summed E-state index contributed by atoms with van der Waals surface area (Å²) in [5.74, 6) is 0. The number of carbonyl (C=O) groups excluding carboxylic acids is 1. The summed E-state index contributed by atoms with van der Waals surface area (Å²) in [5, 5.41) is 3.48. The van der Waals surface area contributed by atoms with Crippen LogP contribution in [0.2, 0.25) is 0 Å². The molecule has 0 spiro atoms. The molecule has 0 N–H and O–H groups in total. The summed E-state index contributed by atoms with van der Waals surface area (Å²) in [6.07, 6.45) is 0.891. The second kappa shape index (κ2) is 6.05. The van der Waals surface area contributed by atoms with Crippen LogP contribution in [0.4, 0.5) is 11.4 Å². The van der Waals surface area contributed by atoms with E-state index in [2.05, 4.69) is 39.4 Å². The molecule has 0 atom stereocenters. The lowest BCUT2D eigenvalue weighted by Gasteiger charge is -2.37. The predicted octanol–water partition coefficient (Wildman–Crippen LogP) is 4.04. The Hall–Kier alpha value is -2.33. The molecule has 23 heavy (non-hydrogen) atoms. The number of benzene rings is 2. The quantitative estimate of drug-likeness (QED) is 0.680. The van der Waals surface area contributed by atoms with E-state index in [1.54, 1.807) is 11.3 Å². The summed E-state index contributed by atoms with van der Waals surface area (Å²) in [4.78, 5) is 15.6. The summed E-state index contributed by atoms with van der Waals surface area (Å²) in [5.41, 5.74) is 3.24. The van der Waals surface area contributed by atoms with Gasteiger partial charge in [-0.2, -0.15) is 0 Å². The van der Waals surface area contributed by atoms with Crippen LogP contribution in [0.5, 0.6) is 0 Å². The zero-order valence-electron chi connectivity index (χ0n) is 12.8. The molecule has 0 saturated carbocycles. The zero-order valence-corrected chi connectivity index (χ0v) is 13.6. The monoisotopic (exact) mass is 322 g/mol. The van der Waals surface area contributed by atoms with Gasteiger partial charge in [0.05, 0.1) is 0 Å². The Morgan fingerprint density at radius 3 is 2.17 bits per heavy atom. The van der Waals surface area contributed by atoms with Crippen molar-refractivity contribution in [1.82, 2.24) is 0 Å². The van der Waals surface area contributed by atoms with Gasteiger partial charge in [-0.1, -0.05) is 0 Å². The van der Waals surface area contributed by atoms with E-state index in [1.807, 2.05) is 24.3 Å². The highest BCUT2D eigenvalue weighted by atomic mass is 32.1. The Morgan fingerprint density at radius 2 is 1.48 bits per heavy atom. The SMILES string of the molecule is O=Cc1ccc(N2CCN(c3ccc4sccc4c3)CC2)cc1. The van der Waals surface area contributed by atoms with Gasteiger partial charge < -0.3 is 9.80 Å². The maximum Gasteiger partial charge on any atom is 0.150 e. The molecule has 1 aromatic heterocycles. The van der Waals surface area contributed by atoms with Crippen molar-refractivity contribution in [2.75, 3.05) is 36.0 Å². The van der Waals surface area contributed by atoms with E-state index in [-0.39, 0.29) is 0 Å². The van der Waals surface area contributed by atoms with Gasteiger partial charge in [-0.05, 0) is 59.3 Å². The number of hydrogen-bond acceptors (Lipinski definition) is 4. The Balaban J connectivity index is 1.46. The van der Waals surface area contributed by atoms with Crippen LogP contribution in [-0.4, -0.2) is 32.5 Å². The molecule has 1 saturated heterocycles. The number of aldehydes is 1. The third-order valence-electron chi connectivity index (χ3n) is 4.48. The van der Waals surface area contributed by atoms with Gasteiger partial charge in [-0.15, -0.1) is 11.3 Å². The topological polar surface area (TPSA) is 23.6 Å². The number of carbonyl (C=O) groups is 1. The molecule has 0 amide bonds. The van der Waals surface area contributed by atoms with Crippen molar-refractivity contribution in [2.24, 2.45) is 0 Å². The van der Waals surface area contributed by atoms with Gasteiger partial charge in [0, 0.05) is 47.8 Å². The zero-order chi connectivity index (χ0) is 15.6. The van der Waals surface area contributed by atoms with Gasteiger partial charge in [0.2, 0.25) is 0 Å². The molecular weight excluding hydrogens is 304 g/mol. The fourth-order valence-electron chi connectivity index (χ4n) is 3.14. The van der Waals surface area contributed by atoms with Gasteiger partial charge in [0.25, 0.3) is 0 Å². The number of rotatable bonds is 3. The van der Waals surface area contributed by atoms with Crippen LogP contribution in [0.15, 0.2) is 53.9 Å². The lowest BCUT2D eigenvalue weighted by atomic mass is 10.1. The second-order valence-electron chi connectivity index (χ2n) is 5.83. The van der Waals surface area contributed by atoms with Gasteiger partial charge in [-0.3, -0.25) is 4.79 Å². The second-order valence-corrected chi connectivity index (χ2v) is 6.77. The number of thiophene rings is 1. The van der Waals surface area contributed by atoms with E-state index in [0.717, 1.165) is 38.0 Å². The molecule has 1 aliphatic rings. The third-order valence-corrected chi connectivity index (χ3v) is 5.37. The minimum atomic E-state index is 0.733. The van der Waals surface area contributed by atoms with E-state index in [4.69, 9.17) is 0 Å². The number of fused-ring (bicyclic) bond motifs is 1. The van der Waals surface area contributed by atoms with Crippen molar-refractivity contribution in [3.63, 3.8) is 0 Å². The van der Waals surface area contributed by atoms with Crippen molar-refractivity contribution in [2.45, 2.75) is 0 Å². The van der Waals surface area contributed by atoms with Gasteiger partial charge in [0.1, 0.15) is 6.29 Å². The van der Waals surface area contributed by atoms with E-state index in [1.165, 1.54) is 21.5 Å². The first-order valence-electron chi connectivity index (χ1n) is 7.86. The summed E-state index contributed by atoms with van der Waals surface area (Å²) >= 11 is 1.79. The first kappa shape index (κ1) is 14.3. The summed E-state index contributed by atoms with van der Waals surface area (Å²) in [6.45, 7) is 4.04. The number of hydrogen-bond donors (Lipinski definition) is 0. The average molecular weight is 322 g/mol. The Labute approximate surface area is 139 Å². The molecule has 1 aliphatic heterocycles. The molecule has 0 bridgehead atoms. The number of anilines is 2. The molecule has 4 rings (SSSR count). The maximum absolute atomic E-state index is 10.7. The Bertz CT molecular complexity index is 817. The molecule has 3 aromatic rings. The van der Waals surface area contributed by atoms with Crippen LogP contribution >= 0.6 is 11.3 Å². The normalized spacial score (nSPS) is 15.1. The highest BCUT2D eigenvalue weighted by Gasteiger charge is 2.17. The van der Waals surface area contributed by atoms with Gasteiger partial charge in [0.15, 0.2) is 0 Å². The van der Waals surface area contributed by atoms with Crippen LogP contribution < -0.4 is 9.80 Å². The number of piperazine rings is 1. The largest absolute Gasteiger partial charge is 0.368 e. The predicted molar refractivity (Wildman–Crippen MR) is 98.1 cm³/mol. The molecule has 4 heteroatoms. The van der Waals surface area contributed by atoms with E-state index in [9.17, 15) is 4.79 Å². The maximum atomic E-state index is 10.7.